The van der Waals surface area contributed by atoms with E-state index in [9.17, 15) is 4.79 Å². The third-order valence-corrected chi connectivity index (χ3v) is 2.34. The van der Waals surface area contributed by atoms with E-state index in [0.29, 0.717) is 12.4 Å². The maximum atomic E-state index is 11.6. The molecular weight excluding hydrogens is 232 g/mol. The minimum Gasteiger partial charge on any atom is -0.495 e. The van der Waals surface area contributed by atoms with Gasteiger partial charge in [-0.25, -0.2) is 4.79 Å². The van der Waals surface area contributed by atoms with Crippen LogP contribution in [-0.2, 0) is 4.74 Å². The third kappa shape index (κ3) is 2.39. The molecule has 0 spiro atoms. The summed E-state index contributed by atoms with van der Waals surface area (Å²) in [5.41, 5.74) is 0.287. The Morgan fingerprint density at radius 2 is 2.00 bits per heavy atom. The molecule has 0 amide bonds. The zero-order valence-corrected chi connectivity index (χ0v) is 10.1. The molecule has 5 heteroatoms. The average molecular weight is 245 g/mol. The number of halogens is 1. The zero-order valence-electron chi connectivity index (χ0n) is 9.37. The van der Waals surface area contributed by atoms with Crippen molar-refractivity contribution in [2.24, 2.45) is 0 Å². The van der Waals surface area contributed by atoms with Crippen LogP contribution in [0.4, 0.5) is 0 Å². The van der Waals surface area contributed by atoms with E-state index in [1.165, 1.54) is 14.2 Å². The standard InChI is InChI=1S/C11H13ClO4/c1-4-16-11(13)7-5-6-8(14-2)9(12)10(7)15-3/h5-6H,4H2,1-3H3. The fourth-order valence-corrected chi connectivity index (χ4v) is 1.58. The lowest BCUT2D eigenvalue weighted by Crippen LogP contribution is -2.07. The first-order valence-electron chi connectivity index (χ1n) is 4.73. The van der Waals surface area contributed by atoms with E-state index < -0.39 is 5.97 Å². The van der Waals surface area contributed by atoms with Crippen LogP contribution in [0.1, 0.15) is 17.3 Å². The maximum Gasteiger partial charge on any atom is 0.341 e. The molecule has 0 aliphatic rings. The van der Waals surface area contributed by atoms with Crippen LogP contribution in [0.5, 0.6) is 11.5 Å². The van der Waals surface area contributed by atoms with Crippen LogP contribution in [0.25, 0.3) is 0 Å². The summed E-state index contributed by atoms with van der Waals surface area (Å²) in [5, 5.41) is 0.260. The summed E-state index contributed by atoms with van der Waals surface area (Å²) in [5.74, 6) is 0.245. The van der Waals surface area contributed by atoms with Crippen molar-refractivity contribution < 1.29 is 19.0 Å². The van der Waals surface area contributed by atoms with Crippen LogP contribution >= 0.6 is 11.6 Å². The fourth-order valence-electron chi connectivity index (χ4n) is 1.26. The number of rotatable bonds is 4. The number of ether oxygens (including phenoxy) is 3. The summed E-state index contributed by atoms with van der Waals surface area (Å²) in [6.07, 6.45) is 0. The van der Waals surface area contributed by atoms with E-state index in [1.807, 2.05) is 0 Å². The van der Waals surface area contributed by atoms with Crippen molar-refractivity contribution in [1.29, 1.82) is 0 Å². The van der Waals surface area contributed by atoms with Gasteiger partial charge in [0.25, 0.3) is 0 Å². The molecule has 0 fully saturated rings. The van der Waals surface area contributed by atoms with Gasteiger partial charge in [-0.1, -0.05) is 11.6 Å². The number of carbonyl (C=O) groups excluding carboxylic acids is 1. The summed E-state index contributed by atoms with van der Waals surface area (Å²) >= 11 is 6.00. The molecule has 88 valence electrons. The summed E-state index contributed by atoms with van der Waals surface area (Å²) in [6, 6.07) is 3.15. The molecule has 0 N–H and O–H groups in total. The predicted molar refractivity (Wildman–Crippen MR) is 60.5 cm³/mol. The molecule has 1 rings (SSSR count). The molecule has 0 unspecified atom stereocenters. The first kappa shape index (κ1) is 12.6. The Kier molecular flexibility index (Phi) is 4.43. The summed E-state index contributed by atoms with van der Waals surface area (Å²) in [6.45, 7) is 2.03. The molecule has 0 atom stereocenters. The number of hydrogen-bond donors (Lipinski definition) is 0. The average Bonchev–Trinajstić information content (AvgIpc) is 2.28. The van der Waals surface area contributed by atoms with Crippen LogP contribution in [0.15, 0.2) is 12.1 Å². The minimum atomic E-state index is -0.469. The van der Waals surface area contributed by atoms with Crippen LogP contribution in [-0.4, -0.2) is 26.8 Å². The topological polar surface area (TPSA) is 44.8 Å². The van der Waals surface area contributed by atoms with Gasteiger partial charge in [-0.05, 0) is 19.1 Å². The Balaban J connectivity index is 3.20. The Labute approximate surface area is 99.1 Å². The highest BCUT2D eigenvalue weighted by Crippen LogP contribution is 2.36. The number of benzene rings is 1. The highest BCUT2D eigenvalue weighted by atomic mass is 35.5. The normalized spacial score (nSPS) is 9.75. The molecule has 1 aromatic rings. The lowest BCUT2D eigenvalue weighted by atomic mass is 10.2. The molecule has 16 heavy (non-hydrogen) atoms. The molecular formula is C11H13ClO4. The van der Waals surface area contributed by atoms with Crippen molar-refractivity contribution in [3.8, 4) is 11.5 Å². The Morgan fingerprint density at radius 3 is 2.50 bits per heavy atom. The van der Waals surface area contributed by atoms with Gasteiger partial charge in [0.15, 0.2) is 5.75 Å². The van der Waals surface area contributed by atoms with Crippen LogP contribution in [0.2, 0.25) is 5.02 Å². The van der Waals surface area contributed by atoms with Gasteiger partial charge < -0.3 is 14.2 Å². The van der Waals surface area contributed by atoms with Gasteiger partial charge in [-0.15, -0.1) is 0 Å². The quantitative estimate of drug-likeness (QED) is 0.764. The van der Waals surface area contributed by atoms with Gasteiger partial charge in [-0.3, -0.25) is 0 Å². The lowest BCUT2D eigenvalue weighted by Gasteiger charge is -2.11. The van der Waals surface area contributed by atoms with Gasteiger partial charge in [0.2, 0.25) is 0 Å². The molecule has 0 saturated carbocycles. The Hall–Kier alpha value is -1.42. The van der Waals surface area contributed by atoms with E-state index in [4.69, 9.17) is 25.8 Å². The molecule has 0 bridgehead atoms. The second-order valence-electron chi connectivity index (χ2n) is 2.88. The summed E-state index contributed by atoms with van der Waals surface area (Å²) in [4.78, 5) is 11.6. The highest BCUT2D eigenvalue weighted by molar-refractivity contribution is 6.34. The number of hydrogen-bond acceptors (Lipinski definition) is 4. The summed E-state index contributed by atoms with van der Waals surface area (Å²) in [7, 11) is 2.92. The zero-order chi connectivity index (χ0) is 12.1. The lowest BCUT2D eigenvalue weighted by molar-refractivity contribution is 0.0522. The largest absolute Gasteiger partial charge is 0.495 e. The molecule has 4 nitrogen and oxygen atoms in total. The fraction of sp³-hybridized carbons (Fsp3) is 0.364. The monoisotopic (exact) mass is 244 g/mol. The predicted octanol–water partition coefficient (Wildman–Crippen LogP) is 2.53. The molecule has 1 aromatic carbocycles. The van der Waals surface area contributed by atoms with Crippen molar-refractivity contribution in [3.05, 3.63) is 22.7 Å². The van der Waals surface area contributed by atoms with Crippen molar-refractivity contribution in [3.63, 3.8) is 0 Å². The Bertz CT molecular complexity index is 390. The van der Waals surface area contributed by atoms with E-state index >= 15 is 0 Å². The molecule has 0 saturated heterocycles. The molecule has 0 aromatic heterocycles. The Morgan fingerprint density at radius 1 is 1.31 bits per heavy atom. The van der Waals surface area contributed by atoms with E-state index in [0.717, 1.165) is 0 Å². The number of esters is 1. The van der Waals surface area contributed by atoms with Gasteiger partial charge in [0, 0.05) is 0 Å². The van der Waals surface area contributed by atoms with Crippen molar-refractivity contribution in [2.75, 3.05) is 20.8 Å². The van der Waals surface area contributed by atoms with E-state index in [1.54, 1.807) is 19.1 Å². The first-order chi connectivity index (χ1) is 7.65. The van der Waals surface area contributed by atoms with Gasteiger partial charge in [0.05, 0.1) is 20.8 Å². The smallest absolute Gasteiger partial charge is 0.341 e. The second-order valence-corrected chi connectivity index (χ2v) is 3.26. The van der Waals surface area contributed by atoms with Crippen LogP contribution in [0.3, 0.4) is 0 Å². The third-order valence-electron chi connectivity index (χ3n) is 1.98. The van der Waals surface area contributed by atoms with Gasteiger partial charge >= 0.3 is 5.97 Å². The van der Waals surface area contributed by atoms with E-state index in [-0.39, 0.29) is 16.3 Å². The van der Waals surface area contributed by atoms with Crippen molar-refractivity contribution in [2.45, 2.75) is 6.92 Å². The van der Waals surface area contributed by atoms with Crippen LogP contribution in [0, 0.1) is 0 Å². The number of methoxy groups -OCH3 is 2. The maximum absolute atomic E-state index is 11.6. The minimum absolute atomic E-state index is 0.260. The van der Waals surface area contributed by atoms with Crippen LogP contribution < -0.4 is 9.47 Å². The highest BCUT2D eigenvalue weighted by Gasteiger charge is 2.19. The molecule has 0 aliphatic carbocycles. The second kappa shape index (κ2) is 5.61. The number of carbonyl (C=O) groups is 1. The van der Waals surface area contributed by atoms with Crippen molar-refractivity contribution in [1.82, 2.24) is 0 Å². The summed E-state index contributed by atoms with van der Waals surface area (Å²) < 4.78 is 15.0. The molecule has 0 radical (unpaired) electrons. The van der Waals surface area contributed by atoms with Gasteiger partial charge in [-0.2, -0.15) is 0 Å². The van der Waals surface area contributed by atoms with Gasteiger partial charge in [0.1, 0.15) is 16.3 Å². The SMILES string of the molecule is CCOC(=O)c1ccc(OC)c(Cl)c1OC. The first-order valence-corrected chi connectivity index (χ1v) is 5.11. The molecule has 0 heterocycles. The molecule has 0 aliphatic heterocycles. The van der Waals surface area contributed by atoms with E-state index in [2.05, 4.69) is 0 Å². The van der Waals surface area contributed by atoms with Crippen molar-refractivity contribution >= 4 is 17.6 Å².